The Labute approximate surface area is 134 Å². The van der Waals surface area contributed by atoms with Crippen LogP contribution in [-0.4, -0.2) is 17.1 Å². The van der Waals surface area contributed by atoms with E-state index in [1.165, 1.54) is 0 Å². The van der Waals surface area contributed by atoms with E-state index in [-0.39, 0.29) is 11.9 Å². The third kappa shape index (κ3) is 2.92. The van der Waals surface area contributed by atoms with Gasteiger partial charge in [0.15, 0.2) is 0 Å². The Morgan fingerprint density at radius 1 is 1.48 bits per heavy atom. The molecule has 1 amide bonds. The number of nitrogens with one attached hydrogen (secondary N) is 2. The molecule has 1 aromatic heterocycles. The van der Waals surface area contributed by atoms with E-state index in [4.69, 9.17) is 10.3 Å². The topological polar surface area (TPSA) is 93.2 Å². The smallest absolute Gasteiger partial charge is 0.246 e. The molecule has 1 aliphatic rings. The average molecular weight is 312 g/mol. The summed E-state index contributed by atoms with van der Waals surface area (Å²) in [4.78, 5) is 12.3. The SMILES string of the molecule is C=C1CC[C@@H](C(=O)Nc2cc(-c3c(C)noc3C)ccc2N)N1. The lowest BCUT2D eigenvalue weighted by Gasteiger charge is -2.14. The summed E-state index contributed by atoms with van der Waals surface area (Å²) in [7, 11) is 0. The second kappa shape index (κ2) is 5.79. The van der Waals surface area contributed by atoms with Crippen LogP contribution in [0.25, 0.3) is 11.1 Å². The van der Waals surface area contributed by atoms with Crippen molar-refractivity contribution < 1.29 is 9.32 Å². The summed E-state index contributed by atoms with van der Waals surface area (Å²) < 4.78 is 5.21. The summed E-state index contributed by atoms with van der Waals surface area (Å²) in [5, 5.41) is 9.94. The molecule has 0 radical (unpaired) electrons. The standard InChI is InChI=1S/C17H20N4O2/c1-9-4-7-14(19-9)17(22)20-15-8-12(5-6-13(15)18)16-10(2)21-23-11(16)3/h5-6,8,14,19H,1,4,7,18H2,2-3H3,(H,20,22)/t14-/m0/s1. The molecular weight excluding hydrogens is 292 g/mol. The minimum atomic E-state index is -0.260. The highest BCUT2D eigenvalue weighted by molar-refractivity contribution is 5.98. The molecule has 1 aliphatic heterocycles. The van der Waals surface area contributed by atoms with Gasteiger partial charge in [0.1, 0.15) is 11.8 Å². The Morgan fingerprint density at radius 3 is 2.87 bits per heavy atom. The number of rotatable bonds is 3. The van der Waals surface area contributed by atoms with Crippen molar-refractivity contribution in [3.05, 3.63) is 41.9 Å². The molecule has 0 saturated carbocycles. The second-order valence-corrected chi connectivity index (χ2v) is 5.83. The van der Waals surface area contributed by atoms with Gasteiger partial charge >= 0.3 is 0 Å². The van der Waals surface area contributed by atoms with Gasteiger partial charge in [-0.05, 0) is 44.4 Å². The van der Waals surface area contributed by atoms with Crippen LogP contribution in [0.4, 0.5) is 11.4 Å². The fourth-order valence-electron chi connectivity index (χ4n) is 2.84. The molecule has 23 heavy (non-hydrogen) atoms. The van der Waals surface area contributed by atoms with Crippen LogP contribution in [0.2, 0.25) is 0 Å². The van der Waals surface area contributed by atoms with Crippen LogP contribution in [-0.2, 0) is 4.79 Å². The molecule has 1 fully saturated rings. The monoisotopic (exact) mass is 312 g/mol. The highest BCUT2D eigenvalue weighted by atomic mass is 16.5. The van der Waals surface area contributed by atoms with Crippen molar-refractivity contribution in [1.82, 2.24) is 10.5 Å². The molecule has 1 aromatic carbocycles. The molecule has 0 spiro atoms. The van der Waals surface area contributed by atoms with Gasteiger partial charge in [-0.1, -0.05) is 17.8 Å². The lowest BCUT2D eigenvalue weighted by atomic mass is 10.0. The van der Waals surface area contributed by atoms with Gasteiger partial charge in [0.05, 0.1) is 17.1 Å². The van der Waals surface area contributed by atoms with Crippen LogP contribution in [0.1, 0.15) is 24.3 Å². The second-order valence-electron chi connectivity index (χ2n) is 5.83. The zero-order chi connectivity index (χ0) is 16.6. The van der Waals surface area contributed by atoms with E-state index in [0.717, 1.165) is 41.1 Å². The number of nitrogens with two attached hydrogens (primary N) is 1. The normalized spacial score (nSPS) is 17.1. The molecule has 2 aromatic rings. The van der Waals surface area contributed by atoms with Crippen LogP contribution in [0.5, 0.6) is 0 Å². The number of nitrogen functional groups attached to an aromatic ring is 1. The zero-order valence-electron chi connectivity index (χ0n) is 13.3. The number of carbonyl (C=O) groups excluding carboxylic acids is 1. The molecular formula is C17H20N4O2. The predicted octanol–water partition coefficient (Wildman–Crippen LogP) is 2.74. The number of nitrogens with zero attached hydrogens (tertiary/aromatic N) is 1. The van der Waals surface area contributed by atoms with Gasteiger partial charge in [0.25, 0.3) is 0 Å². The number of aromatic nitrogens is 1. The van der Waals surface area contributed by atoms with E-state index in [9.17, 15) is 4.79 Å². The number of hydrogen-bond donors (Lipinski definition) is 3. The first kappa shape index (κ1) is 15.1. The summed E-state index contributed by atoms with van der Waals surface area (Å²) >= 11 is 0. The van der Waals surface area contributed by atoms with Gasteiger partial charge in [-0.3, -0.25) is 4.79 Å². The summed E-state index contributed by atoms with van der Waals surface area (Å²) in [6, 6.07) is 5.26. The first-order valence-electron chi connectivity index (χ1n) is 7.53. The van der Waals surface area contributed by atoms with Crippen molar-refractivity contribution in [1.29, 1.82) is 0 Å². The van der Waals surface area contributed by atoms with Crippen molar-refractivity contribution in [2.24, 2.45) is 0 Å². The number of amides is 1. The minimum Gasteiger partial charge on any atom is -0.397 e. The quantitative estimate of drug-likeness (QED) is 0.758. The molecule has 6 heteroatoms. The average Bonchev–Trinajstić information content (AvgIpc) is 3.08. The van der Waals surface area contributed by atoms with Crippen LogP contribution < -0.4 is 16.4 Å². The highest BCUT2D eigenvalue weighted by Crippen LogP contribution is 2.31. The zero-order valence-corrected chi connectivity index (χ0v) is 13.3. The maximum absolute atomic E-state index is 12.3. The Balaban J connectivity index is 1.87. The number of benzene rings is 1. The van der Waals surface area contributed by atoms with Gasteiger partial charge in [-0.25, -0.2) is 0 Å². The van der Waals surface area contributed by atoms with Crippen molar-refractivity contribution >= 4 is 17.3 Å². The van der Waals surface area contributed by atoms with Crippen LogP contribution in [0.15, 0.2) is 35.0 Å². The van der Waals surface area contributed by atoms with Crippen molar-refractivity contribution in [2.45, 2.75) is 32.7 Å². The van der Waals surface area contributed by atoms with Crippen LogP contribution in [0, 0.1) is 13.8 Å². The predicted molar refractivity (Wildman–Crippen MR) is 89.8 cm³/mol. The van der Waals surface area contributed by atoms with Crippen molar-refractivity contribution in [2.75, 3.05) is 11.1 Å². The third-order valence-electron chi connectivity index (χ3n) is 4.06. The third-order valence-corrected chi connectivity index (χ3v) is 4.06. The maximum Gasteiger partial charge on any atom is 0.246 e. The van der Waals surface area contributed by atoms with E-state index in [0.29, 0.717) is 11.4 Å². The molecule has 6 nitrogen and oxygen atoms in total. The van der Waals surface area contributed by atoms with E-state index in [1.54, 1.807) is 6.07 Å². The van der Waals surface area contributed by atoms with E-state index >= 15 is 0 Å². The first-order valence-corrected chi connectivity index (χ1v) is 7.53. The summed E-state index contributed by atoms with van der Waals surface area (Å²) in [6.07, 6.45) is 1.56. The fourth-order valence-corrected chi connectivity index (χ4v) is 2.84. The molecule has 0 unspecified atom stereocenters. The molecule has 2 heterocycles. The fraction of sp³-hybridized carbons (Fsp3) is 0.294. The number of aryl methyl sites for hydroxylation is 2. The largest absolute Gasteiger partial charge is 0.397 e. The summed E-state index contributed by atoms with van der Waals surface area (Å²) in [6.45, 7) is 7.59. The van der Waals surface area contributed by atoms with Crippen molar-refractivity contribution in [3.8, 4) is 11.1 Å². The number of anilines is 2. The van der Waals surface area contributed by atoms with Gasteiger partial charge in [-0.2, -0.15) is 0 Å². The Bertz CT molecular complexity index is 759. The molecule has 3 rings (SSSR count). The molecule has 0 aliphatic carbocycles. The maximum atomic E-state index is 12.3. The highest BCUT2D eigenvalue weighted by Gasteiger charge is 2.24. The van der Waals surface area contributed by atoms with Gasteiger partial charge < -0.3 is 20.9 Å². The number of carbonyl (C=O) groups is 1. The van der Waals surface area contributed by atoms with Gasteiger partial charge in [0, 0.05) is 11.3 Å². The van der Waals surface area contributed by atoms with E-state index < -0.39 is 0 Å². The van der Waals surface area contributed by atoms with Gasteiger partial charge in [0.2, 0.25) is 5.91 Å². The molecule has 1 atom stereocenters. The molecule has 4 N–H and O–H groups in total. The van der Waals surface area contributed by atoms with E-state index in [2.05, 4.69) is 22.4 Å². The summed E-state index contributed by atoms with van der Waals surface area (Å²) in [5.41, 5.74) is 10.6. The number of hydrogen-bond acceptors (Lipinski definition) is 5. The lowest BCUT2D eigenvalue weighted by molar-refractivity contribution is -0.117. The van der Waals surface area contributed by atoms with Gasteiger partial charge in [-0.15, -0.1) is 0 Å². The number of allylic oxidation sites excluding steroid dienone is 1. The Hall–Kier alpha value is -2.76. The Kier molecular flexibility index (Phi) is 3.82. The Morgan fingerprint density at radius 2 is 2.26 bits per heavy atom. The molecule has 0 bridgehead atoms. The molecule has 120 valence electrons. The minimum absolute atomic E-state index is 0.105. The van der Waals surface area contributed by atoms with Crippen LogP contribution >= 0.6 is 0 Å². The lowest BCUT2D eigenvalue weighted by Crippen LogP contribution is -2.35. The summed E-state index contributed by atoms with van der Waals surface area (Å²) in [5.74, 6) is 0.629. The first-order chi connectivity index (χ1) is 11.0. The van der Waals surface area contributed by atoms with Crippen molar-refractivity contribution in [3.63, 3.8) is 0 Å². The molecule has 1 saturated heterocycles. The van der Waals surface area contributed by atoms with E-state index in [1.807, 2.05) is 26.0 Å². The van der Waals surface area contributed by atoms with Crippen LogP contribution in [0.3, 0.4) is 0 Å².